The van der Waals surface area contributed by atoms with Crippen LogP contribution < -0.4 is 15.4 Å². The molecular formula is C26H26F3N3O3. The molecule has 0 unspecified atom stereocenters. The number of allylic oxidation sites excluding steroid dienone is 1. The summed E-state index contributed by atoms with van der Waals surface area (Å²) >= 11 is 0. The van der Waals surface area contributed by atoms with Gasteiger partial charge >= 0.3 is 6.18 Å². The monoisotopic (exact) mass is 485 g/mol. The Balaban J connectivity index is 1.58. The summed E-state index contributed by atoms with van der Waals surface area (Å²) < 4.78 is 46.4. The zero-order valence-corrected chi connectivity index (χ0v) is 19.2. The average Bonchev–Trinajstić information content (AvgIpc) is 3.78. The van der Waals surface area contributed by atoms with Gasteiger partial charge < -0.3 is 20.5 Å². The molecule has 2 saturated carbocycles. The minimum absolute atomic E-state index is 0.0572. The van der Waals surface area contributed by atoms with Gasteiger partial charge in [-0.1, -0.05) is 12.1 Å². The lowest BCUT2D eigenvalue weighted by atomic mass is 9.84. The maximum absolute atomic E-state index is 13.8. The molecule has 3 aliphatic rings. The molecule has 0 bridgehead atoms. The molecule has 1 amide bonds. The van der Waals surface area contributed by atoms with Crippen LogP contribution in [0.2, 0.25) is 0 Å². The molecule has 2 aliphatic carbocycles. The predicted octanol–water partition coefficient (Wildman–Crippen LogP) is 4.39. The van der Waals surface area contributed by atoms with E-state index in [4.69, 9.17) is 10.5 Å². The van der Waals surface area contributed by atoms with Crippen molar-refractivity contribution in [2.45, 2.75) is 37.3 Å². The van der Waals surface area contributed by atoms with Gasteiger partial charge in [0.15, 0.2) is 0 Å². The third-order valence-electron chi connectivity index (χ3n) is 7.36. The molecule has 0 aromatic heterocycles. The molecule has 5 rings (SSSR count). The van der Waals surface area contributed by atoms with Gasteiger partial charge in [0.1, 0.15) is 17.2 Å². The number of rotatable bonds is 5. The number of ether oxygens (including phenoxy) is 1. The van der Waals surface area contributed by atoms with E-state index >= 15 is 0 Å². The third kappa shape index (κ3) is 4.07. The van der Waals surface area contributed by atoms with Crippen LogP contribution in [0.5, 0.6) is 5.75 Å². The highest BCUT2D eigenvalue weighted by Crippen LogP contribution is 2.57. The van der Waals surface area contributed by atoms with Crippen LogP contribution in [0.4, 0.5) is 24.5 Å². The number of nitrogens with two attached hydrogens (primary N) is 1. The standard InChI is InChI=1S/C26H26F3N3O3/c1-35-19-8-4-17(5-9-19)31-21-20(22(30)26(27,28)29)24(10-11-24)14-32(23(21)34)18-6-2-16(3-7-18)25(15-33)12-13-25/h2-9,33H,10-15,30H2,1H3. The van der Waals surface area contributed by atoms with Crippen LogP contribution in [0.25, 0.3) is 0 Å². The minimum atomic E-state index is -4.78. The van der Waals surface area contributed by atoms with E-state index in [1.807, 2.05) is 12.1 Å². The Hall–Kier alpha value is -3.33. The predicted molar refractivity (Wildman–Crippen MR) is 126 cm³/mol. The molecule has 0 atom stereocenters. The Morgan fingerprint density at radius 1 is 1.09 bits per heavy atom. The number of methoxy groups -OCH3 is 1. The first-order valence-electron chi connectivity index (χ1n) is 11.5. The fourth-order valence-electron chi connectivity index (χ4n) is 4.84. The van der Waals surface area contributed by atoms with Gasteiger partial charge in [0.05, 0.1) is 19.4 Å². The van der Waals surface area contributed by atoms with Crippen molar-refractivity contribution in [3.05, 3.63) is 65.4 Å². The zero-order valence-electron chi connectivity index (χ0n) is 19.2. The van der Waals surface area contributed by atoms with Gasteiger partial charge in [-0.2, -0.15) is 13.2 Å². The number of nitrogens with zero attached hydrogens (tertiary/aromatic N) is 2. The molecule has 1 heterocycles. The van der Waals surface area contributed by atoms with Gasteiger partial charge in [0.2, 0.25) is 0 Å². The minimum Gasteiger partial charge on any atom is -0.497 e. The van der Waals surface area contributed by atoms with Crippen molar-refractivity contribution < 1.29 is 27.8 Å². The summed E-state index contributed by atoms with van der Waals surface area (Å²) in [5.41, 5.74) is 4.65. The molecule has 9 heteroatoms. The number of benzene rings is 2. The molecule has 0 radical (unpaired) electrons. The van der Waals surface area contributed by atoms with Gasteiger partial charge in [0.25, 0.3) is 5.91 Å². The van der Waals surface area contributed by atoms with E-state index in [-0.39, 0.29) is 29.9 Å². The first-order valence-corrected chi connectivity index (χ1v) is 11.5. The number of piperidine rings is 1. The number of hydrogen-bond acceptors (Lipinski definition) is 5. The lowest BCUT2D eigenvalue weighted by molar-refractivity contribution is -0.113. The Labute approximate surface area is 200 Å². The van der Waals surface area contributed by atoms with Crippen molar-refractivity contribution >= 4 is 23.0 Å². The quantitative estimate of drug-likeness (QED) is 0.658. The molecular weight excluding hydrogens is 459 g/mol. The van der Waals surface area contributed by atoms with Gasteiger partial charge in [-0.05, 0) is 67.6 Å². The SMILES string of the molecule is COc1ccc(N=C2C(=O)N(c3ccc(C4(CO)CC4)cc3)CC3(CC3)C2=C(N)C(F)(F)F)cc1. The third-order valence-corrected chi connectivity index (χ3v) is 7.36. The topological polar surface area (TPSA) is 88.1 Å². The van der Waals surface area contributed by atoms with E-state index in [9.17, 15) is 23.1 Å². The number of amides is 1. The molecule has 1 aliphatic heterocycles. The van der Waals surface area contributed by atoms with Crippen LogP contribution in [0.3, 0.4) is 0 Å². The maximum Gasteiger partial charge on any atom is 0.431 e. The van der Waals surface area contributed by atoms with Gasteiger partial charge in [-0.25, -0.2) is 4.99 Å². The maximum atomic E-state index is 13.8. The molecule has 6 nitrogen and oxygen atoms in total. The fourth-order valence-corrected chi connectivity index (χ4v) is 4.84. The van der Waals surface area contributed by atoms with Crippen LogP contribution >= 0.6 is 0 Å². The van der Waals surface area contributed by atoms with Crippen molar-refractivity contribution in [2.24, 2.45) is 16.1 Å². The lowest BCUT2D eigenvalue weighted by Gasteiger charge is -2.37. The van der Waals surface area contributed by atoms with Crippen LogP contribution in [-0.2, 0) is 10.2 Å². The summed E-state index contributed by atoms with van der Waals surface area (Å²) in [6.07, 6.45) is -2.01. The summed E-state index contributed by atoms with van der Waals surface area (Å²) in [6, 6.07) is 13.7. The second-order valence-electron chi connectivity index (χ2n) is 9.60. The highest BCUT2D eigenvalue weighted by Gasteiger charge is 2.58. The molecule has 35 heavy (non-hydrogen) atoms. The first-order chi connectivity index (χ1) is 16.6. The van der Waals surface area contributed by atoms with E-state index in [1.165, 1.54) is 12.0 Å². The normalized spacial score (nSPS) is 22.9. The van der Waals surface area contributed by atoms with Crippen LogP contribution in [0, 0.1) is 5.41 Å². The lowest BCUT2D eigenvalue weighted by Crippen LogP contribution is -2.50. The number of aliphatic imine (C=N–C) groups is 1. The molecule has 1 saturated heterocycles. The fraction of sp³-hybridized carbons (Fsp3) is 0.385. The number of hydrogen-bond donors (Lipinski definition) is 2. The largest absolute Gasteiger partial charge is 0.497 e. The van der Waals surface area contributed by atoms with Crippen LogP contribution in [-0.4, -0.2) is 43.2 Å². The number of carbonyl (C=O) groups excluding carboxylic acids is 1. The molecule has 1 spiro atoms. The number of aliphatic hydroxyl groups is 1. The molecule has 184 valence electrons. The van der Waals surface area contributed by atoms with Crippen molar-refractivity contribution in [3.63, 3.8) is 0 Å². The number of halogens is 3. The van der Waals surface area contributed by atoms with Crippen LogP contribution in [0.1, 0.15) is 31.2 Å². The van der Waals surface area contributed by atoms with E-state index in [0.29, 0.717) is 30.0 Å². The smallest absolute Gasteiger partial charge is 0.431 e. The second-order valence-corrected chi connectivity index (χ2v) is 9.60. The zero-order chi connectivity index (χ0) is 25.0. The van der Waals surface area contributed by atoms with Gasteiger partial charge in [0, 0.05) is 28.6 Å². The molecule has 3 fully saturated rings. The van der Waals surface area contributed by atoms with E-state index in [1.54, 1.807) is 36.4 Å². The van der Waals surface area contributed by atoms with E-state index in [2.05, 4.69) is 4.99 Å². The molecule has 2 aromatic rings. The second kappa shape index (κ2) is 8.12. The summed E-state index contributed by atoms with van der Waals surface area (Å²) in [5.74, 6) is -0.0669. The van der Waals surface area contributed by atoms with Crippen LogP contribution in [0.15, 0.2) is 64.8 Å². The average molecular weight is 486 g/mol. The van der Waals surface area contributed by atoms with Crippen molar-refractivity contribution in [1.29, 1.82) is 0 Å². The molecule has 2 aromatic carbocycles. The Morgan fingerprint density at radius 2 is 1.71 bits per heavy atom. The Bertz CT molecular complexity index is 1210. The highest BCUT2D eigenvalue weighted by atomic mass is 19.4. The summed E-state index contributed by atoms with van der Waals surface area (Å²) in [4.78, 5) is 19.5. The number of alkyl halides is 3. The van der Waals surface area contributed by atoms with E-state index in [0.717, 1.165) is 18.4 Å². The Morgan fingerprint density at radius 3 is 2.20 bits per heavy atom. The van der Waals surface area contributed by atoms with Gasteiger partial charge in [-0.3, -0.25) is 4.79 Å². The number of aliphatic hydroxyl groups excluding tert-OH is 1. The van der Waals surface area contributed by atoms with Crippen molar-refractivity contribution in [2.75, 3.05) is 25.2 Å². The highest BCUT2D eigenvalue weighted by molar-refractivity contribution is 6.51. The number of carbonyl (C=O) groups is 1. The van der Waals surface area contributed by atoms with Crippen molar-refractivity contribution in [3.8, 4) is 5.75 Å². The number of anilines is 1. The van der Waals surface area contributed by atoms with Gasteiger partial charge in [-0.15, -0.1) is 0 Å². The summed E-state index contributed by atoms with van der Waals surface area (Å²) in [5, 5.41) is 9.70. The molecule has 3 N–H and O–H groups in total. The Kier molecular flexibility index (Phi) is 5.43. The summed E-state index contributed by atoms with van der Waals surface area (Å²) in [7, 11) is 1.50. The first kappa shape index (κ1) is 23.4. The summed E-state index contributed by atoms with van der Waals surface area (Å²) in [6.45, 7) is 0.158. The van der Waals surface area contributed by atoms with Crippen molar-refractivity contribution in [1.82, 2.24) is 0 Å². The van der Waals surface area contributed by atoms with E-state index < -0.39 is 23.2 Å².